The maximum atomic E-state index is 13.0. The maximum absolute atomic E-state index is 13.0. The fourth-order valence-corrected chi connectivity index (χ4v) is 4.34. The summed E-state index contributed by atoms with van der Waals surface area (Å²) in [6.45, 7) is 12.4. The average Bonchev–Trinajstić information content (AvgIpc) is 3.04. The lowest BCUT2D eigenvalue weighted by Crippen LogP contribution is -2.12. The van der Waals surface area contributed by atoms with Gasteiger partial charge in [0.1, 0.15) is 5.78 Å². The van der Waals surface area contributed by atoms with Gasteiger partial charge in [-0.1, -0.05) is 88.4 Å². The van der Waals surface area contributed by atoms with Crippen molar-refractivity contribution in [3.8, 4) is 0 Å². The predicted octanol–water partition coefficient (Wildman–Crippen LogP) is 7.02. The summed E-state index contributed by atoms with van der Waals surface area (Å²) < 4.78 is 0. The van der Waals surface area contributed by atoms with Gasteiger partial charge < -0.3 is 0 Å². The molecule has 2 aliphatic rings. The monoisotopic (exact) mass is 372 g/mol. The van der Waals surface area contributed by atoms with Crippen LogP contribution in [0.5, 0.6) is 0 Å². The number of benzene rings is 2. The standard InChI is InChI=1S/C25H26O.C2H6/c1-16-8-9-21-14-19(10-11-20(21)12-16)18(3)25(26)15-22-13-17(2)23-6-4-5-7-24(22)23;1-2/h4-7,10-11,13-14,17-18H,1,8-9,12,15H2,2-3H3;1-2H3. The summed E-state index contributed by atoms with van der Waals surface area (Å²) in [5.74, 6) is 0.649. The number of fused-ring (bicyclic) bond motifs is 2. The first-order valence-electron chi connectivity index (χ1n) is 10.6. The normalized spacial score (nSPS) is 18.4. The zero-order chi connectivity index (χ0) is 20.3. The fraction of sp³-hybridized carbons (Fsp3) is 0.370. The number of carbonyl (C=O) groups is 1. The van der Waals surface area contributed by atoms with Crippen molar-refractivity contribution in [1.29, 1.82) is 0 Å². The molecular formula is C27H32O. The summed E-state index contributed by atoms with van der Waals surface area (Å²) in [5, 5.41) is 0. The quantitative estimate of drug-likeness (QED) is 0.527. The molecule has 4 rings (SSSR count). The van der Waals surface area contributed by atoms with Crippen LogP contribution in [0.1, 0.15) is 80.2 Å². The molecule has 146 valence electrons. The van der Waals surface area contributed by atoms with Gasteiger partial charge in [0.15, 0.2) is 0 Å². The summed E-state index contributed by atoms with van der Waals surface area (Å²) in [6, 6.07) is 15.1. The Bertz CT molecular complexity index is 916. The third-order valence-electron chi connectivity index (χ3n) is 6.01. The molecule has 0 spiro atoms. The number of ketones is 1. The second kappa shape index (κ2) is 8.73. The van der Waals surface area contributed by atoms with Gasteiger partial charge in [-0.2, -0.15) is 0 Å². The molecule has 0 heterocycles. The number of allylic oxidation sites excluding steroid dienone is 3. The largest absolute Gasteiger partial charge is 0.299 e. The first-order valence-corrected chi connectivity index (χ1v) is 10.6. The van der Waals surface area contributed by atoms with E-state index < -0.39 is 0 Å². The fourth-order valence-electron chi connectivity index (χ4n) is 4.34. The number of aryl methyl sites for hydroxylation is 1. The van der Waals surface area contributed by atoms with Gasteiger partial charge in [-0.15, -0.1) is 0 Å². The van der Waals surface area contributed by atoms with E-state index in [1.165, 1.54) is 33.4 Å². The van der Waals surface area contributed by atoms with Crippen LogP contribution < -0.4 is 0 Å². The van der Waals surface area contributed by atoms with Crippen LogP contribution >= 0.6 is 0 Å². The Hall–Kier alpha value is -2.41. The molecule has 2 atom stereocenters. The van der Waals surface area contributed by atoms with Gasteiger partial charge in [0.2, 0.25) is 0 Å². The number of hydrogen-bond acceptors (Lipinski definition) is 1. The van der Waals surface area contributed by atoms with E-state index >= 15 is 0 Å². The van der Waals surface area contributed by atoms with Crippen molar-refractivity contribution in [1.82, 2.24) is 0 Å². The van der Waals surface area contributed by atoms with Crippen LogP contribution in [0.25, 0.3) is 5.57 Å². The molecule has 1 heteroatoms. The number of rotatable bonds is 4. The van der Waals surface area contributed by atoms with Gasteiger partial charge >= 0.3 is 0 Å². The minimum Gasteiger partial charge on any atom is -0.299 e. The van der Waals surface area contributed by atoms with Gasteiger partial charge in [0.25, 0.3) is 0 Å². The molecule has 0 bridgehead atoms. The Labute approximate surface area is 170 Å². The zero-order valence-corrected chi connectivity index (χ0v) is 17.7. The van der Waals surface area contributed by atoms with E-state index in [1.807, 2.05) is 13.8 Å². The molecule has 28 heavy (non-hydrogen) atoms. The van der Waals surface area contributed by atoms with Crippen molar-refractivity contribution in [2.75, 3.05) is 0 Å². The Balaban J connectivity index is 0.00000109. The van der Waals surface area contributed by atoms with Crippen molar-refractivity contribution in [3.63, 3.8) is 0 Å². The van der Waals surface area contributed by atoms with E-state index in [2.05, 4.69) is 69.0 Å². The van der Waals surface area contributed by atoms with Crippen molar-refractivity contribution >= 4 is 11.4 Å². The van der Waals surface area contributed by atoms with Crippen molar-refractivity contribution in [2.45, 2.75) is 65.2 Å². The molecule has 2 aliphatic carbocycles. The highest BCUT2D eigenvalue weighted by atomic mass is 16.1. The topological polar surface area (TPSA) is 17.1 Å². The first-order chi connectivity index (χ1) is 13.5. The number of hydrogen-bond donors (Lipinski definition) is 0. The predicted molar refractivity (Wildman–Crippen MR) is 120 cm³/mol. The molecule has 0 fully saturated rings. The lowest BCUT2D eigenvalue weighted by Gasteiger charge is -2.20. The Morgan fingerprint density at radius 3 is 2.64 bits per heavy atom. The third-order valence-corrected chi connectivity index (χ3v) is 6.01. The second-order valence-electron chi connectivity index (χ2n) is 7.89. The van der Waals surface area contributed by atoms with E-state index in [1.54, 1.807) is 0 Å². The Kier molecular flexibility index (Phi) is 6.34. The lowest BCUT2D eigenvalue weighted by atomic mass is 9.84. The zero-order valence-electron chi connectivity index (χ0n) is 17.7. The smallest absolute Gasteiger partial charge is 0.144 e. The summed E-state index contributed by atoms with van der Waals surface area (Å²) in [4.78, 5) is 13.0. The molecule has 0 N–H and O–H groups in total. The summed E-state index contributed by atoms with van der Waals surface area (Å²) in [5.41, 5.74) is 9.04. The molecule has 2 aromatic rings. The van der Waals surface area contributed by atoms with Crippen LogP contribution in [-0.4, -0.2) is 5.78 Å². The highest BCUT2D eigenvalue weighted by molar-refractivity contribution is 5.96. The van der Waals surface area contributed by atoms with Crippen molar-refractivity contribution < 1.29 is 4.79 Å². The van der Waals surface area contributed by atoms with Crippen molar-refractivity contribution in [2.24, 2.45) is 0 Å². The third kappa shape index (κ3) is 4.04. The average molecular weight is 373 g/mol. The number of Topliss-reactive ketones (excluding diaryl/α,β-unsaturated/α-hetero) is 1. The van der Waals surface area contributed by atoms with Gasteiger partial charge in [-0.3, -0.25) is 4.79 Å². The Morgan fingerprint density at radius 2 is 1.86 bits per heavy atom. The Morgan fingerprint density at radius 1 is 1.11 bits per heavy atom. The van der Waals surface area contributed by atoms with Crippen LogP contribution in [0.4, 0.5) is 0 Å². The highest BCUT2D eigenvalue weighted by Crippen LogP contribution is 2.38. The van der Waals surface area contributed by atoms with Gasteiger partial charge in [-0.05, 0) is 52.7 Å². The van der Waals surface area contributed by atoms with Gasteiger partial charge in [0, 0.05) is 18.3 Å². The molecule has 2 unspecified atom stereocenters. The molecule has 2 aromatic carbocycles. The first kappa shape index (κ1) is 20.3. The maximum Gasteiger partial charge on any atom is 0.144 e. The van der Waals surface area contributed by atoms with Crippen molar-refractivity contribution in [3.05, 3.63) is 88.5 Å². The second-order valence-corrected chi connectivity index (χ2v) is 7.89. The lowest BCUT2D eigenvalue weighted by molar-refractivity contribution is -0.119. The minimum absolute atomic E-state index is 0.0607. The van der Waals surface area contributed by atoms with E-state index in [-0.39, 0.29) is 5.92 Å². The van der Waals surface area contributed by atoms with Crippen LogP contribution in [0, 0.1) is 0 Å². The van der Waals surface area contributed by atoms with E-state index in [9.17, 15) is 4.79 Å². The molecule has 0 aliphatic heterocycles. The summed E-state index contributed by atoms with van der Waals surface area (Å²) in [7, 11) is 0. The minimum atomic E-state index is -0.0607. The van der Waals surface area contributed by atoms with Crippen LogP contribution in [0.15, 0.2) is 60.7 Å². The van der Waals surface area contributed by atoms with Crippen LogP contribution in [-0.2, 0) is 17.6 Å². The molecular weight excluding hydrogens is 340 g/mol. The highest BCUT2D eigenvalue weighted by Gasteiger charge is 2.24. The van der Waals surface area contributed by atoms with E-state index in [0.717, 1.165) is 24.8 Å². The SMILES string of the molecule is C=C1CCc2cc(C(C)C(=O)CC3=CC(C)c4ccccc43)ccc2C1.CC. The van der Waals surface area contributed by atoms with Crippen LogP contribution in [0.2, 0.25) is 0 Å². The molecule has 0 aromatic heterocycles. The summed E-state index contributed by atoms with van der Waals surface area (Å²) >= 11 is 0. The van der Waals surface area contributed by atoms with Crippen LogP contribution in [0.3, 0.4) is 0 Å². The van der Waals surface area contributed by atoms with E-state index in [0.29, 0.717) is 18.1 Å². The van der Waals surface area contributed by atoms with E-state index in [4.69, 9.17) is 0 Å². The molecule has 0 saturated carbocycles. The molecule has 1 nitrogen and oxygen atoms in total. The van der Waals surface area contributed by atoms with Gasteiger partial charge in [-0.25, -0.2) is 0 Å². The van der Waals surface area contributed by atoms with Gasteiger partial charge in [0.05, 0.1) is 0 Å². The summed E-state index contributed by atoms with van der Waals surface area (Å²) in [6.07, 6.45) is 5.89. The number of carbonyl (C=O) groups excluding carboxylic acids is 1. The molecule has 0 amide bonds. The molecule has 0 radical (unpaired) electrons. The molecule has 0 saturated heterocycles.